The second-order valence-corrected chi connectivity index (χ2v) is 6.27. The summed E-state index contributed by atoms with van der Waals surface area (Å²) in [7, 11) is 0. The largest absolute Gasteiger partial charge is 0.353 e. The summed E-state index contributed by atoms with van der Waals surface area (Å²) in [5, 5.41) is 3.13. The van der Waals surface area contributed by atoms with Crippen molar-refractivity contribution in [2.75, 3.05) is 18.0 Å². The molecule has 1 aliphatic carbocycles. The molecule has 1 aliphatic heterocycles. The van der Waals surface area contributed by atoms with Gasteiger partial charge < -0.3 is 16.0 Å². The third-order valence-corrected chi connectivity index (χ3v) is 4.56. The van der Waals surface area contributed by atoms with Crippen LogP contribution in [0.25, 0.3) is 0 Å². The molecule has 6 heteroatoms. The quantitative estimate of drug-likeness (QED) is 0.858. The summed E-state index contributed by atoms with van der Waals surface area (Å²) < 4.78 is 0. The molecule has 0 spiro atoms. The first-order chi connectivity index (χ1) is 10.1. The molecule has 6 nitrogen and oxygen atoms in total. The Morgan fingerprint density at radius 3 is 2.57 bits per heavy atom. The number of aromatic nitrogens is 2. The van der Waals surface area contributed by atoms with E-state index >= 15 is 0 Å². The molecule has 1 amide bonds. The molecule has 0 bridgehead atoms. The van der Waals surface area contributed by atoms with Gasteiger partial charge in [-0.2, -0.15) is 0 Å². The molecular formula is C15H23N5O. The van der Waals surface area contributed by atoms with E-state index in [1.54, 1.807) is 12.4 Å². The minimum Gasteiger partial charge on any atom is -0.353 e. The number of carbonyl (C=O) groups is 1. The maximum Gasteiger partial charge on any atom is 0.225 e. The van der Waals surface area contributed by atoms with Crippen LogP contribution in [0.2, 0.25) is 0 Å². The van der Waals surface area contributed by atoms with Gasteiger partial charge >= 0.3 is 0 Å². The van der Waals surface area contributed by atoms with E-state index < -0.39 is 0 Å². The minimum atomic E-state index is -0.233. The first-order valence-electron chi connectivity index (χ1n) is 7.75. The Labute approximate surface area is 125 Å². The second kappa shape index (κ2) is 5.97. The van der Waals surface area contributed by atoms with Gasteiger partial charge in [0, 0.05) is 43.5 Å². The van der Waals surface area contributed by atoms with Crippen molar-refractivity contribution in [3.8, 4) is 0 Å². The molecule has 2 fully saturated rings. The van der Waals surface area contributed by atoms with Crippen molar-refractivity contribution in [1.29, 1.82) is 0 Å². The molecule has 2 aliphatic rings. The van der Waals surface area contributed by atoms with Crippen LogP contribution in [0.1, 0.15) is 38.5 Å². The van der Waals surface area contributed by atoms with Gasteiger partial charge in [-0.15, -0.1) is 0 Å². The van der Waals surface area contributed by atoms with Crippen LogP contribution in [0.15, 0.2) is 18.5 Å². The highest BCUT2D eigenvalue weighted by Crippen LogP contribution is 2.32. The Morgan fingerprint density at radius 1 is 1.33 bits per heavy atom. The van der Waals surface area contributed by atoms with Crippen molar-refractivity contribution in [2.45, 2.75) is 50.1 Å². The summed E-state index contributed by atoms with van der Waals surface area (Å²) in [6.07, 6.45) is 8.96. The number of carbonyl (C=O) groups excluding carboxylic acids is 1. The number of nitrogens with two attached hydrogens (primary N) is 1. The number of nitrogens with zero attached hydrogens (tertiary/aromatic N) is 3. The molecule has 3 N–H and O–H groups in total. The molecule has 1 saturated carbocycles. The molecule has 2 heterocycles. The SMILES string of the molecule is NC1(CC(=O)NC2CCN(c3ncccn3)CC2)CCC1. The topological polar surface area (TPSA) is 84.1 Å². The highest BCUT2D eigenvalue weighted by Gasteiger charge is 2.35. The van der Waals surface area contributed by atoms with Gasteiger partial charge in [0.1, 0.15) is 0 Å². The lowest BCUT2D eigenvalue weighted by atomic mass is 9.75. The van der Waals surface area contributed by atoms with E-state index in [4.69, 9.17) is 5.73 Å². The molecule has 21 heavy (non-hydrogen) atoms. The van der Waals surface area contributed by atoms with Gasteiger partial charge in [-0.05, 0) is 38.2 Å². The van der Waals surface area contributed by atoms with E-state index in [-0.39, 0.29) is 17.5 Å². The standard InChI is InChI=1S/C15H23N5O/c16-15(5-1-6-15)11-13(21)19-12-3-9-20(10-4-12)14-17-7-2-8-18-14/h2,7-8,12H,1,3-6,9-11,16H2,(H,19,21). The molecular weight excluding hydrogens is 266 g/mol. The number of amides is 1. The van der Waals surface area contributed by atoms with Crippen molar-refractivity contribution < 1.29 is 4.79 Å². The van der Waals surface area contributed by atoms with Crippen LogP contribution in [0.5, 0.6) is 0 Å². The van der Waals surface area contributed by atoms with Crippen LogP contribution in [-0.2, 0) is 4.79 Å². The molecule has 3 rings (SSSR count). The normalized spacial score (nSPS) is 21.7. The van der Waals surface area contributed by atoms with Gasteiger partial charge in [0.05, 0.1) is 0 Å². The van der Waals surface area contributed by atoms with Crippen LogP contribution in [-0.4, -0.2) is 40.5 Å². The zero-order valence-electron chi connectivity index (χ0n) is 12.3. The molecule has 1 aromatic rings. The molecule has 0 aromatic carbocycles. The fourth-order valence-electron chi connectivity index (χ4n) is 3.08. The zero-order valence-corrected chi connectivity index (χ0v) is 12.3. The molecule has 114 valence electrons. The second-order valence-electron chi connectivity index (χ2n) is 6.27. The number of rotatable bonds is 4. The summed E-state index contributed by atoms with van der Waals surface area (Å²) in [6, 6.07) is 2.07. The van der Waals surface area contributed by atoms with E-state index in [1.807, 2.05) is 6.07 Å². The predicted molar refractivity (Wildman–Crippen MR) is 80.8 cm³/mol. The Hall–Kier alpha value is -1.69. The lowest BCUT2D eigenvalue weighted by molar-refractivity contribution is -0.123. The van der Waals surface area contributed by atoms with Crippen LogP contribution < -0.4 is 16.0 Å². The van der Waals surface area contributed by atoms with Crippen LogP contribution in [0.3, 0.4) is 0 Å². The van der Waals surface area contributed by atoms with Gasteiger partial charge in [0.25, 0.3) is 0 Å². The van der Waals surface area contributed by atoms with Gasteiger partial charge in [0.15, 0.2) is 0 Å². The molecule has 0 unspecified atom stereocenters. The smallest absolute Gasteiger partial charge is 0.225 e. The lowest BCUT2D eigenvalue weighted by Gasteiger charge is -2.38. The Morgan fingerprint density at radius 2 is 2.00 bits per heavy atom. The van der Waals surface area contributed by atoms with Crippen LogP contribution in [0, 0.1) is 0 Å². The number of anilines is 1. The molecule has 1 saturated heterocycles. The van der Waals surface area contributed by atoms with E-state index in [9.17, 15) is 4.79 Å². The van der Waals surface area contributed by atoms with Crippen molar-refractivity contribution in [3.05, 3.63) is 18.5 Å². The lowest BCUT2D eigenvalue weighted by Crippen LogP contribution is -2.52. The van der Waals surface area contributed by atoms with Gasteiger partial charge in [0.2, 0.25) is 11.9 Å². The van der Waals surface area contributed by atoms with Crippen molar-refractivity contribution in [3.63, 3.8) is 0 Å². The maximum absolute atomic E-state index is 12.0. The minimum absolute atomic E-state index is 0.103. The Kier molecular flexibility index (Phi) is 4.05. The van der Waals surface area contributed by atoms with Gasteiger partial charge in [-0.1, -0.05) is 0 Å². The highest BCUT2D eigenvalue weighted by atomic mass is 16.1. The van der Waals surface area contributed by atoms with Gasteiger partial charge in [-0.3, -0.25) is 4.79 Å². The average molecular weight is 289 g/mol. The first-order valence-corrected chi connectivity index (χ1v) is 7.75. The average Bonchev–Trinajstić information content (AvgIpc) is 2.47. The third-order valence-electron chi connectivity index (χ3n) is 4.56. The van der Waals surface area contributed by atoms with E-state index in [0.717, 1.165) is 51.1 Å². The third kappa shape index (κ3) is 3.50. The molecule has 0 atom stereocenters. The van der Waals surface area contributed by atoms with Crippen LogP contribution in [0.4, 0.5) is 5.95 Å². The zero-order chi connectivity index (χ0) is 14.7. The first kappa shape index (κ1) is 14.3. The predicted octanol–water partition coefficient (Wildman–Crippen LogP) is 0.833. The van der Waals surface area contributed by atoms with E-state index in [2.05, 4.69) is 20.2 Å². The summed E-state index contributed by atoms with van der Waals surface area (Å²) >= 11 is 0. The fourth-order valence-corrected chi connectivity index (χ4v) is 3.08. The summed E-state index contributed by atoms with van der Waals surface area (Å²) in [6.45, 7) is 1.76. The van der Waals surface area contributed by atoms with Gasteiger partial charge in [-0.25, -0.2) is 9.97 Å². The fraction of sp³-hybridized carbons (Fsp3) is 0.667. The van der Waals surface area contributed by atoms with E-state index in [1.165, 1.54) is 0 Å². The summed E-state index contributed by atoms with van der Waals surface area (Å²) in [4.78, 5) is 22.7. The molecule has 1 aromatic heterocycles. The summed E-state index contributed by atoms with van der Waals surface area (Å²) in [5.41, 5.74) is 5.89. The maximum atomic E-state index is 12.0. The number of hydrogen-bond donors (Lipinski definition) is 2. The Bertz CT molecular complexity index is 480. The highest BCUT2D eigenvalue weighted by molar-refractivity contribution is 5.77. The monoisotopic (exact) mass is 289 g/mol. The number of nitrogens with one attached hydrogen (secondary N) is 1. The Balaban J connectivity index is 1.44. The number of piperidine rings is 1. The van der Waals surface area contributed by atoms with Crippen molar-refractivity contribution in [2.24, 2.45) is 5.73 Å². The number of hydrogen-bond acceptors (Lipinski definition) is 5. The van der Waals surface area contributed by atoms with Crippen molar-refractivity contribution >= 4 is 11.9 Å². The van der Waals surface area contributed by atoms with E-state index in [0.29, 0.717) is 6.42 Å². The van der Waals surface area contributed by atoms with Crippen LogP contribution >= 0.6 is 0 Å². The molecule has 0 radical (unpaired) electrons. The summed E-state index contributed by atoms with van der Waals surface area (Å²) in [5.74, 6) is 0.879. The van der Waals surface area contributed by atoms with Crippen molar-refractivity contribution in [1.82, 2.24) is 15.3 Å².